The normalized spacial score (nSPS) is 12.7. The van der Waals surface area contributed by atoms with Crippen LogP contribution in [0.4, 0.5) is 17.1 Å². The Labute approximate surface area is 308 Å². The second kappa shape index (κ2) is 12.3. The van der Waals surface area contributed by atoms with Crippen molar-refractivity contribution in [1.29, 1.82) is 5.26 Å². The van der Waals surface area contributed by atoms with Gasteiger partial charge in [0.25, 0.3) is 0 Å². The third-order valence-corrected chi connectivity index (χ3v) is 10.8. The molecule has 9 aromatic rings. The topological polar surface area (TPSA) is 40.2 Å². The molecule has 0 radical (unpaired) electrons. The minimum Gasteiger partial charge on any atom is -0.453 e. The molecule has 3 heteroatoms. The van der Waals surface area contributed by atoms with E-state index in [-0.39, 0.29) is 0 Å². The molecule has 0 fully saturated rings. The smallest absolute Gasteiger partial charge is 0.160 e. The summed E-state index contributed by atoms with van der Waals surface area (Å²) in [6.45, 7) is 0. The van der Waals surface area contributed by atoms with E-state index in [1.807, 2.05) is 42.5 Å². The predicted molar refractivity (Wildman–Crippen MR) is 216 cm³/mol. The molecule has 1 heterocycles. The number of rotatable bonds is 6. The molecule has 10 rings (SSSR count). The van der Waals surface area contributed by atoms with E-state index in [4.69, 9.17) is 4.42 Å². The molecule has 53 heavy (non-hydrogen) atoms. The first-order chi connectivity index (χ1) is 26.3. The van der Waals surface area contributed by atoms with Crippen LogP contribution in [0.25, 0.3) is 44.2 Å². The number of fused-ring (bicyclic) bond motifs is 6. The number of benzene rings is 8. The number of anilines is 3. The van der Waals surface area contributed by atoms with Crippen LogP contribution >= 0.6 is 0 Å². The van der Waals surface area contributed by atoms with Crippen LogP contribution in [0.15, 0.2) is 199 Å². The highest BCUT2D eigenvalue weighted by Gasteiger charge is 2.45. The van der Waals surface area contributed by atoms with Crippen molar-refractivity contribution in [2.45, 2.75) is 5.41 Å². The average Bonchev–Trinajstić information content (AvgIpc) is 3.78. The van der Waals surface area contributed by atoms with E-state index in [9.17, 15) is 5.26 Å². The van der Waals surface area contributed by atoms with Gasteiger partial charge in [0.15, 0.2) is 5.58 Å². The fraction of sp³-hybridized carbons (Fsp3) is 0.0200. The SMILES string of the molecule is N#Cc1ccc(N(c2ccccc2)c2ccc(C3(c4ccccc4)c4ccccc4-c4ccccc43)cc2)c2oc3c(-c4ccccc4)cccc3c12. The van der Waals surface area contributed by atoms with E-state index in [1.165, 1.54) is 33.4 Å². The van der Waals surface area contributed by atoms with Crippen LogP contribution in [0.1, 0.15) is 27.8 Å². The molecule has 0 spiro atoms. The van der Waals surface area contributed by atoms with E-state index in [0.29, 0.717) is 11.1 Å². The van der Waals surface area contributed by atoms with Crippen LogP contribution < -0.4 is 4.90 Å². The van der Waals surface area contributed by atoms with Crippen molar-refractivity contribution in [3.05, 3.63) is 222 Å². The summed E-state index contributed by atoms with van der Waals surface area (Å²) in [7, 11) is 0. The van der Waals surface area contributed by atoms with Crippen molar-refractivity contribution in [2.75, 3.05) is 4.90 Å². The molecule has 1 aromatic heterocycles. The maximum absolute atomic E-state index is 10.4. The molecule has 1 aliphatic carbocycles. The first-order valence-corrected chi connectivity index (χ1v) is 17.9. The minimum atomic E-state index is -0.487. The van der Waals surface area contributed by atoms with E-state index in [1.54, 1.807) is 0 Å². The minimum absolute atomic E-state index is 0.487. The Hall–Kier alpha value is -7.15. The van der Waals surface area contributed by atoms with Crippen molar-refractivity contribution in [1.82, 2.24) is 0 Å². The van der Waals surface area contributed by atoms with Crippen molar-refractivity contribution >= 4 is 39.0 Å². The summed E-state index contributed by atoms with van der Waals surface area (Å²) in [5.41, 5.74) is 14.0. The van der Waals surface area contributed by atoms with Gasteiger partial charge < -0.3 is 9.32 Å². The van der Waals surface area contributed by atoms with E-state index < -0.39 is 5.41 Å². The number of para-hydroxylation sites is 2. The summed E-state index contributed by atoms with van der Waals surface area (Å²) in [5, 5.41) is 12.1. The summed E-state index contributed by atoms with van der Waals surface area (Å²) in [4.78, 5) is 2.24. The first kappa shape index (κ1) is 30.7. The molecule has 0 N–H and O–H groups in total. The molecule has 0 saturated heterocycles. The van der Waals surface area contributed by atoms with Gasteiger partial charge in [-0.05, 0) is 75.3 Å². The maximum Gasteiger partial charge on any atom is 0.160 e. The lowest BCUT2D eigenvalue weighted by Gasteiger charge is -2.34. The van der Waals surface area contributed by atoms with Crippen LogP contribution in [0.2, 0.25) is 0 Å². The van der Waals surface area contributed by atoms with Gasteiger partial charge in [-0.25, -0.2) is 0 Å². The van der Waals surface area contributed by atoms with Crippen molar-refractivity contribution in [2.24, 2.45) is 0 Å². The van der Waals surface area contributed by atoms with Gasteiger partial charge >= 0.3 is 0 Å². The Kier molecular flexibility index (Phi) is 7.09. The predicted octanol–water partition coefficient (Wildman–Crippen LogP) is 13.0. The third kappa shape index (κ3) is 4.60. The standard InChI is InChI=1S/C50H32N2O/c51-33-35-27-32-46(49-47(35)43-24-14-23-40(48(43)53-49)34-15-4-1-5-16-34)52(38-19-8-3-9-20-38)39-30-28-37(29-31-39)50(36-17-6-2-7-18-36)44-25-12-10-21-41(44)42-22-11-13-26-45(42)50/h1-32H. The van der Waals surface area contributed by atoms with Crippen LogP contribution in [-0.2, 0) is 5.41 Å². The fourth-order valence-corrected chi connectivity index (χ4v) is 8.58. The molecule has 0 amide bonds. The van der Waals surface area contributed by atoms with Gasteiger partial charge in [-0.3, -0.25) is 0 Å². The number of nitrogens with zero attached hydrogens (tertiary/aromatic N) is 2. The summed E-state index contributed by atoms with van der Waals surface area (Å²) in [5.74, 6) is 0. The van der Waals surface area contributed by atoms with Crippen LogP contribution in [0, 0.1) is 11.3 Å². The summed E-state index contributed by atoms with van der Waals surface area (Å²) >= 11 is 0. The molecular formula is C50H32N2O. The number of hydrogen-bond acceptors (Lipinski definition) is 3. The monoisotopic (exact) mass is 676 g/mol. The summed E-state index contributed by atoms with van der Waals surface area (Å²) in [6, 6.07) is 70.7. The van der Waals surface area contributed by atoms with E-state index in [2.05, 4.69) is 163 Å². The highest BCUT2D eigenvalue weighted by atomic mass is 16.3. The lowest BCUT2D eigenvalue weighted by Crippen LogP contribution is -2.28. The molecule has 3 nitrogen and oxygen atoms in total. The number of hydrogen-bond donors (Lipinski definition) is 0. The van der Waals surface area contributed by atoms with Gasteiger partial charge in [0, 0.05) is 27.7 Å². The molecule has 0 unspecified atom stereocenters. The van der Waals surface area contributed by atoms with Gasteiger partial charge in [-0.1, -0.05) is 158 Å². The average molecular weight is 677 g/mol. The Bertz CT molecular complexity index is 2790. The molecule has 8 aromatic carbocycles. The van der Waals surface area contributed by atoms with Crippen LogP contribution in [0.5, 0.6) is 0 Å². The molecule has 248 valence electrons. The largest absolute Gasteiger partial charge is 0.453 e. The Morgan fingerprint density at radius 2 is 1.00 bits per heavy atom. The number of nitriles is 1. The fourth-order valence-electron chi connectivity index (χ4n) is 8.58. The highest BCUT2D eigenvalue weighted by molar-refractivity contribution is 6.15. The van der Waals surface area contributed by atoms with Crippen molar-refractivity contribution in [3.63, 3.8) is 0 Å². The molecule has 0 bridgehead atoms. The molecule has 0 saturated carbocycles. The zero-order valence-corrected chi connectivity index (χ0v) is 28.8. The van der Waals surface area contributed by atoms with Gasteiger partial charge in [-0.15, -0.1) is 0 Å². The van der Waals surface area contributed by atoms with E-state index >= 15 is 0 Å². The first-order valence-electron chi connectivity index (χ1n) is 17.9. The zero-order valence-electron chi connectivity index (χ0n) is 28.8. The summed E-state index contributed by atoms with van der Waals surface area (Å²) < 4.78 is 6.90. The highest BCUT2D eigenvalue weighted by Crippen LogP contribution is 2.56. The maximum atomic E-state index is 10.4. The van der Waals surface area contributed by atoms with E-state index in [0.717, 1.165) is 44.5 Å². The van der Waals surface area contributed by atoms with Gasteiger partial charge in [0.1, 0.15) is 5.58 Å². The Morgan fingerprint density at radius 1 is 0.453 bits per heavy atom. The van der Waals surface area contributed by atoms with Crippen molar-refractivity contribution in [3.8, 4) is 28.3 Å². The zero-order chi connectivity index (χ0) is 35.4. The third-order valence-electron chi connectivity index (χ3n) is 10.8. The second-order valence-electron chi connectivity index (χ2n) is 13.5. The van der Waals surface area contributed by atoms with Gasteiger partial charge in [0.05, 0.1) is 22.7 Å². The lowest BCUT2D eigenvalue weighted by molar-refractivity contribution is 0.670. The Morgan fingerprint density at radius 3 is 1.66 bits per heavy atom. The van der Waals surface area contributed by atoms with Crippen LogP contribution in [0.3, 0.4) is 0 Å². The molecule has 1 aliphatic rings. The Balaban J connectivity index is 1.20. The number of furan rings is 1. The van der Waals surface area contributed by atoms with Crippen LogP contribution in [-0.4, -0.2) is 0 Å². The van der Waals surface area contributed by atoms with Gasteiger partial charge in [-0.2, -0.15) is 5.26 Å². The molecular weight excluding hydrogens is 645 g/mol. The quantitative estimate of drug-likeness (QED) is 0.176. The molecule has 0 aliphatic heterocycles. The second-order valence-corrected chi connectivity index (χ2v) is 13.5. The van der Waals surface area contributed by atoms with Gasteiger partial charge in [0.2, 0.25) is 0 Å². The molecule has 0 atom stereocenters. The van der Waals surface area contributed by atoms with Crippen molar-refractivity contribution < 1.29 is 4.42 Å². The summed E-state index contributed by atoms with van der Waals surface area (Å²) in [6.07, 6.45) is 0. The lowest BCUT2D eigenvalue weighted by atomic mass is 9.68.